The van der Waals surface area contributed by atoms with E-state index in [9.17, 15) is 9.59 Å². The van der Waals surface area contributed by atoms with Crippen LogP contribution in [0.25, 0.3) is 0 Å². The summed E-state index contributed by atoms with van der Waals surface area (Å²) >= 11 is 6.14. The fourth-order valence-electron chi connectivity index (χ4n) is 4.71. The lowest BCUT2D eigenvalue weighted by Gasteiger charge is -2.34. The molecular weight excluding hydrogens is 452 g/mol. The minimum Gasteiger partial charge on any atom is -0.495 e. The molecule has 0 saturated carbocycles. The number of hydrogen-bond acceptors (Lipinski definition) is 5. The summed E-state index contributed by atoms with van der Waals surface area (Å²) < 4.78 is 5.39. The van der Waals surface area contributed by atoms with Crippen LogP contribution in [0.5, 0.6) is 5.75 Å². The van der Waals surface area contributed by atoms with Gasteiger partial charge >= 0.3 is 0 Å². The predicted molar refractivity (Wildman–Crippen MR) is 134 cm³/mol. The zero-order valence-corrected chi connectivity index (χ0v) is 20.7. The molecule has 2 aromatic carbocycles. The number of ether oxygens (including phenoxy) is 1. The van der Waals surface area contributed by atoms with Gasteiger partial charge in [0.25, 0.3) is 0 Å². The Morgan fingerprint density at radius 1 is 1.09 bits per heavy atom. The standard InChI is InChI=1S/C26H33ClN4O3/c1-3-29-10-12-30(13-11-29)17-20-7-5-4-6-19(20)16-28-26(33)21-14-25(32)31(18-21)23-15-22(27)8-9-24(23)34-2/h4-9,15,21H,3,10-14,16-18H2,1-2H3,(H,28,33). The first-order chi connectivity index (χ1) is 16.5. The van der Waals surface area contributed by atoms with Gasteiger partial charge in [0.05, 0.1) is 18.7 Å². The van der Waals surface area contributed by atoms with Gasteiger partial charge in [0.2, 0.25) is 11.8 Å². The fourth-order valence-corrected chi connectivity index (χ4v) is 4.87. The van der Waals surface area contributed by atoms with E-state index >= 15 is 0 Å². The maximum Gasteiger partial charge on any atom is 0.227 e. The summed E-state index contributed by atoms with van der Waals surface area (Å²) in [4.78, 5) is 32.2. The van der Waals surface area contributed by atoms with E-state index in [1.165, 1.54) is 5.56 Å². The number of halogens is 1. The zero-order valence-electron chi connectivity index (χ0n) is 19.9. The molecule has 0 aliphatic carbocycles. The van der Waals surface area contributed by atoms with Crippen molar-refractivity contribution in [3.05, 3.63) is 58.6 Å². The van der Waals surface area contributed by atoms with E-state index < -0.39 is 5.92 Å². The van der Waals surface area contributed by atoms with Gasteiger partial charge in [-0.3, -0.25) is 14.5 Å². The second kappa shape index (κ2) is 11.2. The lowest BCUT2D eigenvalue weighted by Crippen LogP contribution is -2.45. The van der Waals surface area contributed by atoms with Crippen molar-refractivity contribution in [1.29, 1.82) is 0 Å². The maximum atomic E-state index is 13.0. The second-order valence-corrected chi connectivity index (χ2v) is 9.35. The summed E-state index contributed by atoms with van der Waals surface area (Å²) in [6, 6.07) is 13.4. The van der Waals surface area contributed by atoms with Crippen LogP contribution in [0.4, 0.5) is 5.69 Å². The Labute approximate surface area is 206 Å². The van der Waals surface area contributed by atoms with Crippen LogP contribution in [0.2, 0.25) is 5.02 Å². The molecule has 0 spiro atoms. The second-order valence-electron chi connectivity index (χ2n) is 8.92. The molecular formula is C26H33ClN4O3. The molecule has 0 radical (unpaired) electrons. The molecule has 2 aliphatic rings. The molecule has 2 aliphatic heterocycles. The highest BCUT2D eigenvalue weighted by atomic mass is 35.5. The smallest absolute Gasteiger partial charge is 0.227 e. The van der Waals surface area contributed by atoms with E-state index in [-0.39, 0.29) is 18.2 Å². The molecule has 2 fully saturated rings. The Morgan fingerprint density at radius 2 is 1.79 bits per heavy atom. The topological polar surface area (TPSA) is 65.1 Å². The van der Waals surface area contributed by atoms with Gasteiger partial charge in [0.15, 0.2) is 0 Å². The number of nitrogens with zero attached hydrogens (tertiary/aromatic N) is 3. The molecule has 1 atom stereocenters. The van der Waals surface area contributed by atoms with Gasteiger partial charge in [-0.2, -0.15) is 0 Å². The minimum atomic E-state index is -0.412. The number of piperazine rings is 1. The van der Waals surface area contributed by atoms with Crippen LogP contribution in [0.3, 0.4) is 0 Å². The largest absolute Gasteiger partial charge is 0.495 e. The molecule has 4 rings (SSSR count). The predicted octanol–water partition coefficient (Wildman–Crippen LogP) is 3.16. The summed E-state index contributed by atoms with van der Waals surface area (Å²) in [6.45, 7) is 9.26. The Bertz CT molecular complexity index is 1020. The molecule has 7 nitrogen and oxygen atoms in total. The summed E-state index contributed by atoms with van der Waals surface area (Å²) in [6.07, 6.45) is 0.171. The van der Waals surface area contributed by atoms with Crippen LogP contribution < -0.4 is 15.0 Å². The van der Waals surface area contributed by atoms with Gasteiger partial charge in [0, 0.05) is 57.3 Å². The van der Waals surface area contributed by atoms with Crippen molar-refractivity contribution in [2.75, 3.05) is 51.3 Å². The average Bonchev–Trinajstić information content (AvgIpc) is 3.25. The van der Waals surface area contributed by atoms with Crippen molar-refractivity contribution in [1.82, 2.24) is 15.1 Å². The minimum absolute atomic E-state index is 0.104. The van der Waals surface area contributed by atoms with Gasteiger partial charge < -0.3 is 19.9 Å². The Kier molecular flexibility index (Phi) is 8.08. The molecule has 1 unspecified atom stereocenters. The maximum absolute atomic E-state index is 13.0. The Hall–Kier alpha value is -2.61. The van der Waals surface area contributed by atoms with Crippen LogP contribution in [0, 0.1) is 5.92 Å². The highest BCUT2D eigenvalue weighted by Gasteiger charge is 2.36. The van der Waals surface area contributed by atoms with E-state index in [1.54, 1.807) is 30.2 Å². The number of amides is 2. The summed E-state index contributed by atoms with van der Waals surface area (Å²) in [7, 11) is 1.55. The summed E-state index contributed by atoms with van der Waals surface area (Å²) in [5, 5.41) is 3.58. The molecule has 2 amide bonds. The number of likely N-dealkylation sites (N-methyl/N-ethyl adjacent to an activating group) is 1. The first-order valence-electron chi connectivity index (χ1n) is 11.9. The SMILES string of the molecule is CCN1CCN(Cc2ccccc2CNC(=O)C2CC(=O)N(c3cc(Cl)ccc3OC)C2)CC1. The Balaban J connectivity index is 1.36. The third-order valence-electron chi connectivity index (χ3n) is 6.81. The number of hydrogen-bond donors (Lipinski definition) is 1. The normalized spacial score (nSPS) is 19.4. The van der Waals surface area contributed by atoms with Gasteiger partial charge in [-0.15, -0.1) is 0 Å². The van der Waals surface area contributed by atoms with Crippen molar-refractivity contribution < 1.29 is 14.3 Å². The highest BCUT2D eigenvalue weighted by molar-refractivity contribution is 6.31. The lowest BCUT2D eigenvalue weighted by atomic mass is 10.0. The summed E-state index contributed by atoms with van der Waals surface area (Å²) in [5.41, 5.74) is 2.95. The number of nitrogens with one attached hydrogen (secondary N) is 1. The van der Waals surface area contributed by atoms with Gasteiger partial charge in [0.1, 0.15) is 5.75 Å². The highest BCUT2D eigenvalue weighted by Crippen LogP contribution is 2.35. The number of carbonyl (C=O) groups excluding carboxylic acids is 2. The molecule has 34 heavy (non-hydrogen) atoms. The zero-order chi connectivity index (χ0) is 24.1. The average molecular weight is 485 g/mol. The van der Waals surface area contributed by atoms with Gasteiger partial charge in [-0.1, -0.05) is 42.8 Å². The van der Waals surface area contributed by atoms with Crippen molar-refractivity contribution in [2.45, 2.75) is 26.4 Å². The van der Waals surface area contributed by atoms with E-state index in [2.05, 4.69) is 40.2 Å². The molecule has 0 aromatic heterocycles. The fraction of sp³-hybridized carbons (Fsp3) is 0.462. The van der Waals surface area contributed by atoms with Crippen molar-refractivity contribution in [3.63, 3.8) is 0 Å². The van der Waals surface area contributed by atoms with Gasteiger partial charge in [-0.25, -0.2) is 0 Å². The number of methoxy groups -OCH3 is 1. The number of carbonyl (C=O) groups is 2. The third-order valence-corrected chi connectivity index (χ3v) is 7.04. The van der Waals surface area contributed by atoms with Crippen LogP contribution in [0.1, 0.15) is 24.5 Å². The van der Waals surface area contributed by atoms with Crippen molar-refractivity contribution >= 4 is 29.1 Å². The Morgan fingerprint density at radius 3 is 2.50 bits per heavy atom. The molecule has 182 valence electrons. The third kappa shape index (κ3) is 5.71. The number of benzene rings is 2. The molecule has 2 aromatic rings. The van der Waals surface area contributed by atoms with E-state index in [0.717, 1.165) is 44.8 Å². The van der Waals surface area contributed by atoms with Crippen LogP contribution >= 0.6 is 11.6 Å². The van der Waals surface area contributed by atoms with E-state index in [1.807, 2.05) is 6.07 Å². The molecule has 2 heterocycles. The molecule has 0 bridgehead atoms. The molecule has 2 saturated heterocycles. The van der Waals surface area contributed by atoms with Crippen molar-refractivity contribution in [3.8, 4) is 5.75 Å². The van der Waals surface area contributed by atoms with Gasteiger partial charge in [-0.05, 0) is 35.9 Å². The van der Waals surface area contributed by atoms with E-state index in [0.29, 0.717) is 29.5 Å². The van der Waals surface area contributed by atoms with Crippen LogP contribution in [0.15, 0.2) is 42.5 Å². The molecule has 8 heteroatoms. The monoisotopic (exact) mass is 484 g/mol. The number of rotatable bonds is 8. The van der Waals surface area contributed by atoms with E-state index in [4.69, 9.17) is 16.3 Å². The summed E-state index contributed by atoms with van der Waals surface area (Å²) in [5.74, 6) is -0.0616. The molecule has 1 N–H and O–H groups in total. The first kappa shape index (κ1) is 24.5. The lowest BCUT2D eigenvalue weighted by molar-refractivity contribution is -0.126. The first-order valence-corrected chi connectivity index (χ1v) is 12.3. The van der Waals surface area contributed by atoms with Crippen LogP contribution in [-0.4, -0.2) is 68.0 Å². The quantitative estimate of drug-likeness (QED) is 0.623. The number of anilines is 1. The van der Waals surface area contributed by atoms with Crippen LogP contribution in [-0.2, 0) is 22.7 Å². The van der Waals surface area contributed by atoms with Crippen molar-refractivity contribution in [2.24, 2.45) is 5.92 Å².